The van der Waals surface area contributed by atoms with E-state index in [2.05, 4.69) is 10.2 Å². The molecule has 1 heterocycles. The van der Waals surface area contributed by atoms with Gasteiger partial charge in [0.05, 0.1) is 6.61 Å². The molecular formula is C29H40N2O2. The molecule has 4 heteroatoms. The molecule has 1 N–H and O–H groups in total. The minimum Gasteiger partial charge on any atom is -0.494 e. The van der Waals surface area contributed by atoms with Gasteiger partial charge in [-0.3, -0.25) is 4.79 Å². The first-order valence-electron chi connectivity index (χ1n) is 12.7. The standard InChI is InChI=1S/C29H40N2O2/c32-29(27-12-8-7-9-13-27)19-16-26-14-17-28(18-15-26)33-25-11-6-4-2-1-3-5-10-22-31-23-20-30-21-24-31/h7-9,12-19,30H,1-6,10-11,20-25H2/b19-16+. The van der Waals surface area contributed by atoms with Gasteiger partial charge in [-0.1, -0.05) is 87.1 Å². The highest BCUT2D eigenvalue weighted by atomic mass is 16.5. The van der Waals surface area contributed by atoms with Crippen LogP contribution in [0.15, 0.2) is 60.7 Å². The lowest BCUT2D eigenvalue weighted by Crippen LogP contribution is -2.43. The molecule has 4 nitrogen and oxygen atoms in total. The van der Waals surface area contributed by atoms with Crippen molar-refractivity contribution in [1.29, 1.82) is 0 Å². The predicted octanol–water partition coefficient (Wildman–Crippen LogP) is 5.99. The molecule has 1 fully saturated rings. The molecule has 0 bridgehead atoms. The average Bonchev–Trinajstić information content (AvgIpc) is 2.87. The second kappa shape index (κ2) is 15.4. The van der Waals surface area contributed by atoms with Crippen molar-refractivity contribution in [2.45, 2.75) is 51.4 Å². The van der Waals surface area contributed by atoms with Crippen LogP contribution in [0, 0.1) is 0 Å². The molecule has 0 aromatic heterocycles. The number of ether oxygens (including phenoxy) is 1. The van der Waals surface area contributed by atoms with Gasteiger partial charge >= 0.3 is 0 Å². The molecule has 33 heavy (non-hydrogen) atoms. The fourth-order valence-corrected chi connectivity index (χ4v) is 4.17. The predicted molar refractivity (Wildman–Crippen MR) is 138 cm³/mol. The summed E-state index contributed by atoms with van der Waals surface area (Å²) in [5, 5.41) is 3.41. The quantitative estimate of drug-likeness (QED) is 0.206. The van der Waals surface area contributed by atoms with Gasteiger partial charge in [0, 0.05) is 31.7 Å². The first kappa shape index (κ1) is 25.2. The van der Waals surface area contributed by atoms with Crippen LogP contribution in [0.4, 0.5) is 0 Å². The van der Waals surface area contributed by atoms with E-state index >= 15 is 0 Å². The van der Waals surface area contributed by atoms with Gasteiger partial charge < -0.3 is 15.0 Å². The Kier molecular flexibility index (Phi) is 11.8. The molecule has 2 aromatic rings. The lowest BCUT2D eigenvalue weighted by Gasteiger charge is -2.27. The van der Waals surface area contributed by atoms with E-state index in [1.807, 2.05) is 60.7 Å². The van der Waals surface area contributed by atoms with Crippen LogP contribution in [-0.4, -0.2) is 50.0 Å². The SMILES string of the molecule is O=C(/C=C/c1ccc(OCCCCCCCCCCN2CCNCC2)cc1)c1ccccc1. The van der Waals surface area contributed by atoms with E-state index < -0.39 is 0 Å². The fourth-order valence-electron chi connectivity index (χ4n) is 4.17. The number of allylic oxidation sites excluding steroid dienone is 1. The van der Waals surface area contributed by atoms with Crippen LogP contribution < -0.4 is 10.1 Å². The Balaban J connectivity index is 1.17. The molecule has 0 spiro atoms. The summed E-state index contributed by atoms with van der Waals surface area (Å²) in [6, 6.07) is 17.3. The van der Waals surface area contributed by atoms with Crippen LogP contribution in [0.1, 0.15) is 67.3 Å². The molecule has 0 aliphatic carbocycles. The molecule has 2 aromatic carbocycles. The summed E-state index contributed by atoms with van der Waals surface area (Å²) in [5.41, 5.74) is 1.71. The number of rotatable bonds is 15. The van der Waals surface area contributed by atoms with Crippen LogP contribution in [0.3, 0.4) is 0 Å². The van der Waals surface area contributed by atoms with Crippen LogP contribution in [0.5, 0.6) is 5.75 Å². The maximum atomic E-state index is 12.1. The van der Waals surface area contributed by atoms with E-state index in [9.17, 15) is 4.79 Å². The van der Waals surface area contributed by atoms with Crippen molar-refractivity contribution in [2.75, 3.05) is 39.3 Å². The lowest BCUT2D eigenvalue weighted by atomic mass is 10.1. The van der Waals surface area contributed by atoms with E-state index in [-0.39, 0.29) is 5.78 Å². The largest absolute Gasteiger partial charge is 0.494 e. The van der Waals surface area contributed by atoms with Crippen molar-refractivity contribution in [3.8, 4) is 5.75 Å². The number of carbonyl (C=O) groups excluding carboxylic acids is 1. The van der Waals surface area contributed by atoms with Crippen molar-refractivity contribution in [2.24, 2.45) is 0 Å². The Morgan fingerprint density at radius 3 is 2.15 bits per heavy atom. The van der Waals surface area contributed by atoms with Crippen molar-refractivity contribution >= 4 is 11.9 Å². The molecule has 0 unspecified atom stereocenters. The summed E-state index contributed by atoms with van der Waals surface area (Å²) in [6.07, 6.45) is 13.9. The Morgan fingerprint density at radius 2 is 1.45 bits per heavy atom. The van der Waals surface area contributed by atoms with E-state index in [4.69, 9.17) is 4.74 Å². The van der Waals surface area contributed by atoms with Crippen LogP contribution in [0.25, 0.3) is 6.08 Å². The molecule has 1 saturated heterocycles. The van der Waals surface area contributed by atoms with Crippen LogP contribution in [0.2, 0.25) is 0 Å². The minimum absolute atomic E-state index is 0.0196. The molecule has 0 atom stereocenters. The average molecular weight is 449 g/mol. The maximum absolute atomic E-state index is 12.1. The number of unbranched alkanes of at least 4 members (excludes halogenated alkanes) is 7. The van der Waals surface area contributed by atoms with E-state index in [1.54, 1.807) is 6.08 Å². The highest BCUT2D eigenvalue weighted by Crippen LogP contribution is 2.15. The van der Waals surface area contributed by atoms with E-state index in [1.165, 1.54) is 64.6 Å². The van der Waals surface area contributed by atoms with Gasteiger partial charge in [-0.15, -0.1) is 0 Å². The Morgan fingerprint density at radius 1 is 0.818 bits per heavy atom. The van der Waals surface area contributed by atoms with Crippen LogP contribution >= 0.6 is 0 Å². The maximum Gasteiger partial charge on any atom is 0.185 e. The topological polar surface area (TPSA) is 41.6 Å². The van der Waals surface area contributed by atoms with Crippen molar-refractivity contribution in [3.63, 3.8) is 0 Å². The van der Waals surface area contributed by atoms with Gasteiger partial charge in [0.2, 0.25) is 0 Å². The number of benzene rings is 2. The van der Waals surface area contributed by atoms with Gasteiger partial charge in [-0.25, -0.2) is 0 Å². The van der Waals surface area contributed by atoms with Gasteiger partial charge in [0.25, 0.3) is 0 Å². The first-order valence-corrected chi connectivity index (χ1v) is 12.7. The fraction of sp³-hybridized carbons (Fsp3) is 0.483. The van der Waals surface area contributed by atoms with Crippen molar-refractivity contribution < 1.29 is 9.53 Å². The van der Waals surface area contributed by atoms with Gasteiger partial charge in [-0.2, -0.15) is 0 Å². The Bertz CT molecular complexity index is 811. The summed E-state index contributed by atoms with van der Waals surface area (Å²) < 4.78 is 5.87. The third kappa shape index (κ3) is 10.4. The number of carbonyl (C=O) groups is 1. The third-order valence-corrected chi connectivity index (χ3v) is 6.21. The monoisotopic (exact) mass is 448 g/mol. The van der Waals surface area contributed by atoms with E-state index in [0.29, 0.717) is 5.56 Å². The highest BCUT2D eigenvalue weighted by Gasteiger charge is 2.08. The number of hydrogen-bond donors (Lipinski definition) is 1. The molecule has 0 radical (unpaired) electrons. The summed E-state index contributed by atoms with van der Waals surface area (Å²) in [7, 11) is 0. The number of hydrogen-bond acceptors (Lipinski definition) is 4. The van der Waals surface area contributed by atoms with Crippen molar-refractivity contribution in [3.05, 3.63) is 71.8 Å². The minimum atomic E-state index is 0.0196. The van der Waals surface area contributed by atoms with Crippen molar-refractivity contribution in [1.82, 2.24) is 10.2 Å². The summed E-state index contributed by atoms with van der Waals surface area (Å²) >= 11 is 0. The van der Waals surface area contributed by atoms with Gasteiger partial charge in [-0.05, 0) is 43.2 Å². The summed E-state index contributed by atoms with van der Waals surface area (Å²) in [4.78, 5) is 14.7. The first-order chi connectivity index (χ1) is 16.3. The third-order valence-electron chi connectivity index (χ3n) is 6.21. The molecule has 3 rings (SSSR count). The lowest BCUT2D eigenvalue weighted by molar-refractivity contribution is 0.104. The Hall–Kier alpha value is -2.43. The van der Waals surface area contributed by atoms with Gasteiger partial charge in [0.15, 0.2) is 5.78 Å². The van der Waals surface area contributed by atoms with E-state index in [0.717, 1.165) is 37.4 Å². The molecule has 178 valence electrons. The zero-order chi connectivity index (χ0) is 23.0. The van der Waals surface area contributed by atoms with Gasteiger partial charge in [0.1, 0.15) is 5.75 Å². The Labute approximate surface area is 200 Å². The number of ketones is 1. The zero-order valence-corrected chi connectivity index (χ0v) is 20.0. The zero-order valence-electron chi connectivity index (χ0n) is 20.0. The normalized spacial score (nSPS) is 14.5. The summed E-state index contributed by atoms with van der Waals surface area (Å²) in [6.45, 7) is 6.81. The second-order valence-electron chi connectivity index (χ2n) is 8.90. The molecule has 1 aliphatic heterocycles. The molecule has 0 saturated carbocycles. The molecule has 1 aliphatic rings. The van der Waals surface area contributed by atoms with Crippen LogP contribution in [-0.2, 0) is 0 Å². The summed E-state index contributed by atoms with van der Waals surface area (Å²) in [5.74, 6) is 0.914. The molecular weight excluding hydrogens is 408 g/mol. The highest BCUT2D eigenvalue weighted by molar-refractivity contribution is 6.06. The number of nitrogens with zero attached hydrogens (tertiary/aromatic N) is 1. The smallest absolute Gasteiger partial charge is 0.185 e. The number of nitrogens with one attached hydrogen (secondary N) is 1. The number of piperazine rings is 1. The molecule has 0 amide bonds. The second-order valence-corrected chi connectivity index (χ2v) is 8.90.